The van der Waals surface area contributed by atoms with Gasteiger partial charge in [-0.1, -0.05) is 18.2 Å². The van der Waals surface area contributed by atoms with Crippen molar-refractivity contribution in [2.45, 2.75) is 6.04 Å². The molecule has 7 heteroatoms. The van der Waals surface area contributed by atoms with Gasteiger partial charge in [-0.15, -0.1) is 0 Å². The molecule has 2 aromatic rings. The van der Waals surface area contributed by atoms with Crippen molar-refractivity contribution in [3.8, 4) is 0 Å². The van der Waals surface area contributed by atoms with Gasteiger partial charge in [-0.2, -0.15) is 0 Å². The lowest BCUT2D eigenvalue weighted by molar-refractivity contribution is -0.112. The second kappa shape index (κ2) is 4.78. The number of hydrogen-bond donors (Lipinski definition) is 1. The van der Waals surface area contributed by atoms with Crippen molar-refractivity contribution >= 4 is 32.7 Å². The summed E-state index contributed by atoms with van der Waals surface area (Å²) in [5, 5.41) is 1.25. The Morgan fingerprint density at radius 1 is 1.24 bits per heavy atom. The normalized spacial score (nSPS) is 21.0. The molecule has 6 nitrogen and oxygen atoms in total. The number of pyridine rings is 1. The summed E-state index contributed by atoms with van der Waals surface area (Å²) in [5.74, 6) is -0.866. The highest BCUT2D eigenvalue weighted by Crippen LogP contribution is 2.23. The van der Waals surface area contributed by atoms with E-state index in [1.807, 2.05) is 0 Å². The summed E-state index contributed by atoms with van der Waals surface area (Å²) < 4.78 is 12.7. The lowest BCUT2D eigenvalue weighted by atomic mass is 10.1. The van der Waals surface area contributed by atoms with Crippen LogP contribution >= 0.6 is 0 Å². The highest BCUT2D eigenvalue weighted by molar-refractivity contribution is 8.03. The minimum absolute atomic E-state index is 0.201. The highest BCUT2D eigenvalue weighted by Gasteiger charge is 2.30. The molecule has 0 spiro atoms. The maximum atomic E-state index is 12.4. The number of para-hydroxylation sites is 1. The van der Waals surface area contributed by atoms with Crippen LogP contribution in [-0.4, -0.2) is 19.8 Å². The fourth-order valence-electron chi connectivity index (χ4n) is 2.34. The van der Waals surface area contributed by atoms with E-state index in [9.17, 15) is 18.6 Å². The van der Waals surface area contributed by atoms with E-state index in [1.165, 1.54) is 22.1 Å². The Morgan fingerprint density at radius 2 is 1.95 bits per heavy atom. The van der Waals surface area contributed by atoms with Gasteiger partial charge in [0, 0.05) is 5.41 Å². The Kier molecular flexibility index (Phi) is 3.06. The average molecular weight is 302 g/mol. The molecular formula is C14H10N2O4S. The third-order valence-corrected chi connectivity index (χ3v) is 4.36. The second-order valence-corrected chi connectivity index (χ2v) is 5.82. The van der Waals surface area contributed by atoms with Crippen LogP contribution in [0.1, 0.15) is 16.4 Å². The molecule has 0 saturated carbocycles. The number of nitrogens with zero attached hydrogens (tertiary/aromatic N) is 1. The van der Waals surface area contributed by atoms with Crippen LogP contribution < -0.4 is 11.3 Å². The Bertz CT molecular complexity index is 897. The molecule has 1 amide bonds. The fourth-order valence-corrected chi connectivity index (χ4v) is 3.19. The SMILES string of the molecule is NC(=O)c1cc2ccccc2n(C2C=CS(=O)C2=O)c1=O. The van der Waals surface area contributed by atoms with Crippen LogP contribution in [0.25, 0.3) is 10.9 Å². The molecule has 2 unspecified atom stereocenters. The number of fused-ring (bicyclic) bond motifs is 1. The summed E-state index contributed by atoms with van der Waals surface area (Å²) >= 11 is 0. The Morgan fingerprint density at radius 3 is 2.57 bits per heavy atom. The van der Waals surface area contributed by atoms with E-state index in [1.54, 1.807) is 24.3 Å². The van der Waals surface area contributed by atoms with Gasteiger partial charge in [0.2, 0.25) is 5.12 Å². The van der Waals surface area contributed by atoms with Crippen LogP contribution in [0.15, 0.2) is 46.6 Å². The van der Waals surface area contributed by atoms with Crippen molar-refractivity contribution < 1.29 is 13.8 Å². The molecule has 1 aliphatic heterocycles. The first-order valence-electron chi connectivity index (χ1n) is 6.07. The highest BCUT2D eigenvalue weighted by atomic mass is 32.2. The van der Waals surface area contributed by atoms with E-state index in [4.69, 9.17) is 5.73 Å². The zero-order chi connectivity index (χ0) is 15.1. The van der Waals surface area contributed by atoms with Crippen molar-refractivity contribution in [1.29, 1.82) is 0 Å². The zero-order valence-corrected chi connectivity index (χ0v) is 11.5. The molecule has 2 atom stereocenters. The molecule has 1 aromatic carbocycles. The minimum atomic E-state index is -1.76. The van der Waals surface area contributed by atoms with E-state index in [2.05, 4.69) is 0 Å². The number of amides is 1. The van der Waals surface area contributed by atoms with E-state index in [0.717, 1.165) is 0 Å². The molecule has 2 N–H and O–H groups in total. The smallest absolute Gasteiger partial charge is 0.264 e. The topological polar surface area (TPSA) is 99.2 Å². The van der Waals surface area contributed by atoms with Crippen molar-refractivity contribution in [2.75, 3.05) is 0 Å². The van der Waals surface area contributed by atoms with Crippen LogP contribution in [-0.2, 0) is 15.6 Å². The van der Waals surface area contributed by atoms with Crippen LogP contribution in [0, 0.1) is 0 Å². The summed E-state index contributed by atoms with van der Waals surface area (Å²) in [5.41, 5.74) is 4.84. The molecule has 21 heavy (non-hydrogen) atoms. The molecule has 1 aliphatic rings. The third kappa shape index (κ3) is 2.02. The molecular weight excluding hydrogens is 292 g/mol. The van der Waals surface area contributed by atoms with E-state index < -0.39 is 33.4 Å². The van der Waals surface area contributed by atoms with Gasteiger partial charge in [0.25, 0.3) is 11.5 Å². The second-order valence-electron chi connectivity index (χ2n) is 4.55. The van der Waals surface area contributed by atoms with Crippen LogP contribution in [0.4, 0.5) is 0 Å². The van der Waals surface area contributed by atoms with Crippen molar-refractivity contribution in [2.24, 2.45) is 5.73 Å². The number of benzene rings is 1. The van der Waals surface area contributed by atoms with Crippen molar-refractivity contribution in [3.63, 3.8) is 0 Å². The van der Waals surface area contributed by atoms with Gasteiger partial charge in [0.1, 0.15) is 22.4 Å². The van der Waals surface area contributed by atoms with E-state index in [0.29, 0.717) is 10.9 Å². The number of primary amides is 1. The van der Waals surface area contributed by atoms with E-state index >= 15 is 0 Å². The summed E-state index contributed by atoms with van der Waals surface area (Å²) in [4.78, 5) is 35.8. The van der Waals surface area contributed by atoms with Gasteiger partial charge in [-0.3, -0.25) is 19.0 Å². The molecule has 3 rings (SSSR count). The number of carbonyl (C=O) groups is 2. The monoisotopic (exact) mass is 302 g/mol. The lowest BCUT2D eigenvalue weighted by Gasteiger charge is -2.15. The van der Waals surface area contributed by atoms with Gasteiger partial charge >= 0.3 is 0 Å². The standard InChI is InChI=1S/C14H10N2O4S/c15-12(17)9-7-8-3-1-2-4-10(8)16(13(9)18)11-5-6-21(20)14(11)19/h1-7,11H,(H2,15,17). The van der Waals surface area contributed by atoms with Gasteiger partial charge in [-0.05, 0) is 23.6 Å². The predicted molar refractivity (Wildman–Crippen MR) is 78.1 cm³/mol. The largest absolute Gasteiger partial charge is 0.365 e. The zero-order valence-electron chi connectivity index (χ0n) is 10.7. The number of nitrogens with two attached hydrogens (primary N) is 1. The summed E-state index contributed by atoms with van der Waals surface area (Å²) in [6.07, 6.45) is 1.40. The van der Waals surface area contributed by atoms with Gasteiger partial charge in [0.05, 0.1) is 5.52 Å². The van der Waals surface area contributed by atoms with E-state index in [-0.39, 0.29) is 5.56 Å². The molecule has 0 bridgehead atoms. The quantitative estimate of drug-likeness (QED) is 0.870. The average Bonchev–Trinajstić information content (AvgIpc) is 2.78. The molecule has 1 aromatic heterocycles. The molecule has 0 saturated heterocycles. The first-order valence-corrected chi connectivity index (χ1v) is 7.29. The molecule has 0 fully saturated rings. The number of allylic oxidation sites excluding steroid dienone is 1. The van der Waals surface area contributed by atoms with Crippen molar-refractivity contribution in [3.05, 3.63) is 57.7 Å². The number of aromatic nitrogens is 1. The minimum Gasteiger partial charge on any atom is -0.365 e. The number of rotatable bonds is 2. The summed E-state index contributed by atoms with van der Waals surface area (Å²) in [7, 11) is -1.76. The first kappa shape index (κ1) is 13.4. The molecule has 106 valence electrons. The van der Waals surface area contributed by atoms with Crippen LogP contribution in [0.3, 0.4) is 0 Å². The predicted octanol–water partition coefficient (Wildman–Crippen LogP) is 0.444. The maximum absolute atomic E-state index is 12.4. The lowest BCUT2D eigenvalue weighted by Crippen LogP contribution is -2.33. The summed E-state index contributed by atoms with van der Waals surface area (Å²) in [6, 6.07) is 7.23. The maximum Gasteiger partial charge on any atom is 0.264 e. The third-order valence-electron chi connectivity index (χ3n) is 3.31. The van der Waals surface area contributed by atoms with Gasteiger partial charge in [-0.25, -0.2) is 4.21 Å². The van der Waals surface area contributed by atoms with Gasteiger partial charge in [0.15, 0.2) is 0 Å². The van der Waals surface area contributed by atoms with Crippen molar-refractivity contribution in [1.82, 2.24) is 4.57 Å². The Labute approximate surface area is 121 Å². The molecule has 0 aliphatic carbocycles. The molecule has 0 radical (unpaired) electrons. The first-order chi connectivity index (χ1) is 10.0. The number of hydrogen-bond acceptors (Lipinski definition) is 4. The van der Waals surface area contributed by atoms with Gasteiger partial charge < -0.3 is 5.73 Å². The fraction of sp³-hybridized carbons (Fsp3) is 0.0714. The number of carbonyl (C=O) groups excluding carboxylic acids is 2. The van der Waals surface area contributed by atoms with Crippen LogP contribution in [0.2, 0.25) is 0 Å². The summed E-state index contributed by atoms with van der Waals surface area (Å²) in [6.45, 7) is 0. The Hall–Kier alpha value is -2.54. The van der Waals surface area contributed by atoms with Crippen LogP contribution in [0.5, 0.6) is 0 Å². The molecule has 2 heterocycles. The Balaban J connectivity index is 2.40.